The van der Waals surface area contributed by atoms with E-state index in [-0.39, 0.29) is 0 Å². The van der Waals surface area contributed by atoms with E-state index in [4.69, 9.17) is 12.2 Å². The van der Waals surface area contributed by atoms with Gasteiger partial charge in [0.15, 0.2) is 0 Å². The maximum absolute atomic E-state index is 5.60. The van der Waals surface area contributed by atoms with Gasteiger partial charge in [-0.1, -0.05) is 75.4 Å². The van der Waals surface area contributed by atoms with Gasteiger partial charge < -0.3 is 0 Å². The summed E-state index contributed by atoms with van der Waals surface area (Å²) in [5, 5.41) is 0. The third-order valence-electron chi connectivity index (χ3n) is 4.14. The molecular formula is C20H20S5. The number of thioether (sulfide) groups is 2. The summed E-state index contributed by atoms with van der Waals surface area (Å²) in [6, 6.07) is 15.3. The van der Waals surface area contributed by atoms with Crippen molar-refractivity contribution in [2.24, 2.45) is 0 Å². The van der Waals surface area contributed by atoms with Gasteiger partial charge in [0.05, 0.1) is 4.21 Å². The fourth-order valence-corrected chi connectivity index (χ4v) is 7.79. The molecule has 0 nitrogen and oxygen atoms in total. The lowest BCUT2D eigenvalue weighted by Gasteiger charge is -2.12. The molecule has 0 aliphatic rings. The quantitative estimate of drug-likeness (QED) is 0.225. The average molecular weight is 421 g/mol. The molecule has 0 saturated carbocycles. The van der Waals surface area contributed by atoms with Crippen LogP contribution in [0.1, 0.15) is 22.3 Å². The Hall–Kier alpha value is -0.590. The Morgan fingerprint density at radius 2 is 1.56 bits per heavy atom. The molecule has 0 atom stereocenters. The summed E-state index contributed by atoms with van der Waals surface area (Å²) in [6.07, 6.45) is 2.17. The summed E-state index contributed by atoms with van der Waals surface area (Å²) in [5.41, 5.74) is 8.15. The Bertz CT molecular complexity index is 906. The number of aryl methyl sites for hydroxylation is 2. The highest BCUT2D eigenvalue weighted by molar-refractivity contribution is 8.02. The Morgan fingerprint density at radius 3 is 2.20 bits per heavy atom. The van der Waals surface area contributed by atoms with Crippen LogP contribution in [0.25, 0.3) is 11.1 Å². The van der Waals surface area contributed by atoms with E-state index < -0.39 is 0 Å². The lowest BCUT2D eigenvalue weighted by molar-refractivity contribution is 1.21. The molecule has 0 bridgehead atoms. The van der Waals surface area contributed by atoms with Crippen LogP contribution >= 0.6 is 56.4 Å². The number of rotatable bonds is 6. The highest BCUT2D eigenvalue weighted by atomic mass is 32.9. The molecule has 1 aromatic heterocycles. The molecule has 0 radical (unpaired) electrons. The zero-order valence-corrected chi connectivity index (χ0v) is 18.6. The van der Waals surface area contributed by atoms with E-state index in [0.717, 1.165) is 15.3 Å². The fraction of sp³-hybridized carbons (Fsp3) is 0.250. The van der Waals surface area contributed by atoms with Crippen LogP contribution in [-0.2, 0) is 11.5 Å². The van der Waals surface area contributed by atoms with Gasteiger partial charge in [0.1, 0.15) is 3.82 Å². The van der Waals surface area contributed by atoms with Gasteiger partial charge >= 0.3 is 0 Å². The van der Waals surface area contributed by atoms with Crippen LogP contribution < -0.4 is 0 Å². The summed E-state index contributed by atoms with van der Waals surface area (Å²) in [7, 11) is 3.52. The first-order valence-corrected chi connectivity index (χ1v) is 12.9. The smallest absolute Gasteiger partial charge is 0.110 e. The van der Waals surface area contributed by atoms with Crippen molar-refractivity contribution in [2.75, 3.05) is 6.26 Å². The van der Waals surface area contributed by atoms with E-state index in [2.05, 4.69) is 62.6 Å². The predicted molar refractivity (Wildman–Crippen MR) is 121 cm³/mol. The molecule has 25 heavy (non-hydrogen) atoms. The molecule has 1 heterocycles. The number of hydrogen-bond acceptors (Lipinski definition) is 5. The molecule has 0 saturated heterocycles. The van der Waals surface area contributed by atoms with Crippen molar-refractivity contribution in [3.8, 4) is 11.1 Å². The van der Waals surface area contributed by atoms with Crippen LogP contribution in [0.3, 0.4) is 0 Å². The van der Waals surface area contributed by atoms with Crippen LogP contribution in [0.15, 0.2) is 46.7 Å². The SMILES string of the molecule is CSCc1cc(C)c(C)cc1CSc1ssc(=S)c1-c1ccccc1. The zero-order valence-electron chi connectivity index (χ0n) is 14.5. The van der Waals surface area contributed by atoms with Crippen LogP contribution in [0.2, 0.25) is 0 Å². The Morgan fingerprint density at radius 1 is 0.920 bits per heavy atom. The second-order valence-electron chi connectivity index (χ2n) is 5.91. The molecule has 0 aliphatic carbocycles. The molecule has 0 fully saturated rings. The molecule has 2 aromatic carbocycles. The molecule has 0 amide bonds. The number of benzene rings is 2. The second-order valence-corrected chi connectivity index (χ2v) is 10.8. The minimum Gasteiger partial charge on any atom is -0.161 e. The Balaban J connectivity index is 1.89. The third-order valence-corrected chi connectivity index (χ3v) is 9.39. The highest BCUT2D eigenvalue weighted by Crippen LogP contribution is 2.42. The fourth-order valence-electron chi connectivity index (χ4n) is 2.68. The summed E-state index contributed by atoms with van der Waals surface area (Å²) < 4.78 is 2.35. The zero-order chi connectivity index (χ0) is 17.8. The molecule has 130 valence electrons. The van der Waals surface area contributed by atoms with Gasteiger partial charge in [-0.25, -0.2) is 0 Å². The van der Waals surface area contributed by atoms with Crippen molar-refractivity contribution in [1.82, 2.24) is 0 Å². The van der Waals surface area contributed by atoms with Crippen molar-refractivity contribution >= 4 is 56.4 Å². The van der Waals surface area contributed by atoms with Crippen molar-refractivity contribution in [1.29, 1.82) is 0 Å². The normalized spacial score (nSPS) is 11.0. The van der Waals surface area contributed by atoms with Gasteiger partial charge in [-0.15, -0.1) is 11.8 Å². The Labute approximate surface area is 171 Å². The minimum atomic E-state index is 0.999. The molecule has 0 spiro atoms. The molecule has 3 aromatic rings. The van der Waals surface area contributed by atoms with Crippen molar-refractivity contribution in [3.05, 3.63) is 68.5 Å². The van der Waals surface area contributed by atoms with Crippen molar-refractivity contribution < 1.29 is 0 Å². The average Bonchev–Trinajstić information content (AvgIpc) is 2.98. The summed E-state index contributed by atoms with van der Waals surface area (Å²) in [6.45, 7) is 4.41. The van der Waals surface area contributed by atoms with Gasteiger partial charge in [0.25, 0.3) is 0 Å². The Kier molecular flexibility index (Phi) is 6.80. The summed E-state index contributed by atoms with van der Waals surface area (Å²) in [5.74, 6) is 2.07. The van der Waals surface area contributed by atoms with Gasteiger partial charge in [0.2, 0.25) is 0 Å². The van der Waals surface area contributed by atoms with E-state index in [1.165, 1.54) is 37.6 Å². The molecular weight excluding hydrogens is 401 g/mol. The van der Waals surface area contributed by atoms with Gasteiger partial charge in [-0.2, -0.15) is 11.8 Å². The molecule has 3 rings (SSSR count). The first-order chi connectivity index (χ1) is 12.1. The third kappa shape index (κ3) is 4.58. The largest absolute Gasteiger partial charge is 0.161 e. The summed E-state index contributed by atoms with van der Waals surface area (Å²) >= 11 is 9.41. The topological polar surface area (TPSA) is 0 Å². The maximum atomic E-state index is 5.60. The minimum absolute atomic E-state index is 0.999. The first-order valence-electron chi connectivity index (χ1n) is 7.99. The van der Waals surface area contributed by atoms with Crippen LogP contribution in [-0.4, -0.2) is 6.26 Å². The van der Waals surface area contributed by atoms with Gasteiger partial charge in [-0.3, -0.25) is 0 Å². The summed E-state index contributed by atoms with van der Waals surface area (Å²) in [4.78, 5) is 0. The maximum Gasteiger partial charge on any atom is 0.110 e. The van der Waals surface area contributed by atoms with E-state index in [1.807, 2.05) is 33.9 Å². The van der Waals surface area contributed by atoms with Crippen LogP contribution in [0.4, 0.5) is 0 Å². The van der Waals surface area contributed by atoms with Crippen LogP contribution in [0, 0.1) is 17.7 Å². The van der Waals surface area contributed by atoms with Crippen LogP contribution in [0.5, 0.6) is 0 Å². The first kappa shape index (κ1) is 19.2. The molecule has 0 aliphatic heterocycles. The van der Waals surface area contributed by atoms with Gasteiger partial charge in [-0.05, 0) is 47.9 Å². The lowest BCUT2D eigenvalue weighted by atomic mass is 10.0. The van der Waals surface area contributed by atoms with Crippen molar-refractivity contribution in [3.63, 3.8) is 0 Å². The monoisotopic (exact) mass is 420 g/mol. The van der Waals surface area contributed by atoms with E-state index in [1.54, 1.807) is 10.3 Å². The van der Waals surface area contributed by atoms with E-state index in [0.29, 0.717) is 0 Å². The standard InChI is InChI=1S/C20H20S5/c1-13-9-16(11-22-3)17(10-14(13)2)12-23-20-18(19(21)24-25-20)15-7-5-4-6-8-15/h4-10H,11-12H2,1-3H3. The van der Waals surface area contributed by atoms with E-state index in [9.17, 15) is 0 Å². The molecule has 0 N–H and O–H groups in total. The van der Waals surface area contributed by atoms with E-state index >= 15 is 0 Å². The predicted octanol–water partition coefficient (Wildman–Crippen LogP) is 7.98. The number of hydrogen-bond donors (Lipinski definition) is 0. The highest BCUT2D eigenvalue weighted by Gasteiger charge is 2.13. The lowest BCUT2D eigenvalue weighted by Crippen LogP contribution is -1.94. The molecule has 5 heteroatoms. The van der Waals surface area contributed by atoms with Gasteiger partial charge in [0, 0.05) is 17.1 Å². The van der Waals surface area contributed by atoms with Crippen molar-refractivity contribution in [2.45, 2.75) is 29.6 Å². The second kappa shape index (κ2) is 8.87. The molecule has 0 unspecified atom stereocenters.